The van der Waals surface area contributed by atoms with Crippen molar-refractivity contribution in [2.24, 2.45) is 5.73 Å². The molecule has 1 aromatic heterocycles. The number of thioether (sulfide) groups is 1. The molecule has 1 aromatic carbocycles. The van der Waals surface area contributed by atoms with E-state index in [1.165, 1.54) is 0 Å². The van der Waals surface area contributed by atoms with Crippen LogP contribution < -0.4 is 5.73 Å². The molecule has 92 valence electrons. The third kappa shape index (κ3) is 3.07. The molecular formula is C11H13Cl2N3S. The Balaban J connectivity index is 2.20. The molecule has 3 nitrogen and oxygen atoms in total. The third-order valence-electron chi connectivity index (χ3n) is 2.46. The van der Waals surface area contributed by atoms with E-state index in [0.29, 0.717) is 10.0 Å². The molecular weight excluding hydrogens is 277 g/mol. The third-order valence-corrected chi connectivity index (χ3v) is 4.24. The van der Waals surface area contributed by atoms with Crippen LogP contribution in [0, 0.1) is 0 Å². The number of aromatic nitrogens is 2. The van der Waals surface area contributed by atoms with Crippen LogP contribution in [0.1, 0.15) is 13.3 Å². The largest absolute Gasteiger partial charge is 0.333 e. The molecule has 17 heavy (non-hydrogen) atoms. The van der Waals surface area contributed by atoms with Crippen molar-refractivity contribution in [1.29, 1.82) is 0 Å². The first-order valence-corrected chi connectivity index (χ1v) is 7.07. The van der Waals surface area contributed by atoms with Crippen molar-refractivity contribution in [3.63, 3.8) is 0 Å². The van der Waals surface area contributed by atoms with Gasteiger partial charge in [-0.2, -0.15) is 0 Å². The Morgan fingerprint density at radius 1 is 1.41 bits per heavy atom. The van der Waals surface area contributed by atoms with Crippen molar-refractivity contribution in [2.75, 3.05) is 5.75 Å². The fourth-order valence-corrected chi connectivity index (χ4v) is 2.63. The predicted molar refractivity (Wildman–Crippen MR) is 75.1 cm³/mol. The van der Waals surface area contributed by atoms with E-state index < -0.39 is 0 Å². The standard InChI is InChI=1S/C11H13Cl2N3S/c1-2-6(14)5-17-11-15-9-3-7(12)8(13)4-10(9)16-11/h3-4,6H,2,5,14H2,1H3,(H,15,16). The number of nitrogens with zero attached hydrogens (tertiary/aromatic N) is 1. The summed E-state index contributed by atoms with van der Waals surface area (Å²) in [7, 11) is 0. The minimum absolute atomic E-state index is 0.195. The van der Waals surface area contributed by atoms with Crippen molar-refractivity contribution in [3.8, 4) is 0 Å². The molecule has 0 aliphatic carbocycles. The van der Waals surface area contributed by atoms with Crippen LogP contribution in [0.3, 0.4) is 0 Å². The van der Waals surface area contributed by atoms with Gasteiger partial charge >= 0.3 is 0 Å². The molecule has 3 N–H and O–H groups in total. The van der Waals surface area contributed by atoms with E-state index in [2.05, 4.69) is 16.9 Å². The molecule has 0 aliphatic rings. The summed E-state index contributed by atoms with van der Waals surface area (Å²) in [6.07, 6.45) is 0.963. The van der Waals surface area contributed by atoms with Gasteiger partial charge in [0.2, 0.25) is 0 Å². The number of halogens is 2. The summed E-state index contributed by atoms with van der Waals surface area (Å²) < 4.78 is 0. The van der Waals surface area contributed by atoms with E-state index in [9.17, 15) is 0 Å². The first-order chi connectivity index (χ1) is 8.10. The highest BCUT2D eigenvalue weighted by molar-refractivity contribution is 7.99. The van der Waals surface area contributed by atoms with Crippen LogP contribution in [-0.2, 0) is 0 Å². The Morgan fingerprint density at radius 3 is 2.82 bits per heavy atom. The number of hydrogen-bond donors (Lipinski definition) is 2. The van der Waals surface area contributed by atoms with Gasteiger partial charge < -0.3 is 10.7 Å². The Hall–Kier alpha value is -0.420. The summed E-state index contributed by atoms with van der Waals surface area (Å²) in [6, 6.07) is 3.75. The highest BCUT2D eigenvalue weighted by Gasteiger charge is 2.08. The second-order valence-corrected chi connectivity index (χ2v) is 5.63. The van der Waals surface area contributed by atoms with Crippen molar-refractivity contribution in [2.45, 2.75) is 24.5 Å². The minimum Gasteiger partial charge on any atom is -0.333 e. The van der Waals surface area contributed by atoms with Crippen molar-refractivity contribution < 1.29 is 0 Å². The second kappa shape index (κ2) is 5.48. The fraction of sp³-hybridized carbons (Fsp3) is 0.364. The summed E-state index contributed by atoms with van der Waals surface area (Å²) in [5.41, 5.74) is 7.58. The van der Waals surface area contributed by atoms with Crippen LogP contribution >= 0.6 is 35.0 Å². The molecule has 6 heteroatoms. The van der Waals surface area contributed by atoms with E-state index in [1.807, 2.05) is 0 Å². The molecule has 0 bridgehead atoms. The lowest BCUT2D eigenvalue weighted by Gasteiger charge is -2.04. The minimum atomic E-state index is 0.195. The Kier molecular flexibility index (Phi) is 4.20. The van der Waals surface area contributed by atoms with Crippen molar-refractivity contribution >= 4 is 46.0 Å². The number of imidazole rings is 1. The van der Waals surface area contributed by atoms with Crippen molar-refractivity contribution in [3.05, 3.63) is 22.2 Å². The molecule has 2 aromatic rings. The highest BCUT2D eigenvalue weighted by atomic mass is 35.5. The summed E-state index contributed by atoms with van der Waals surface area (Å²) in [6.45, 7) is 2.07. The Bertz CT molecular complexity index is 488. The molecule has 0 amide bonds. The van der Waals surface area contributed by atoms with Gasteiger partial charge in [-0.3, -0.25) is 0 Å². The number of fused-ring (bicyclic) bond motifs is 1. The van der Waals surface area contributed by atoms with Gasteiger partial charge in [0.05, 0.1) is 21.1 Å². The number of aromatic amines is 1. The van der Waals surface area contributed by atoms with Gasteiger partial charge in [-0.15, -0.1) is 0 Å². The molecule has 1 unspecified atom stereocenters. The first kappa shape index (κ1) is 13.0. The lowest BCUT2D eigenvalue weighted by Crippen LogP contribution is -2.21. The van der Waals surface area contributed by atoms with Gasteiger partial charge in [-0.05, 0) is 18.6 Å². The van der Waals surface area contributed by atoms with Gasteiger partial charge in [0.25, 0.3) is 0 Å². The zero-order valence-electron chi connectivity index (χ0n) is 9.34. The van der Waals surface area contributed by atoms with E-state index in [0.717, 1.165) is 28.4 Å². The van der Waals surface area contributed by atoms with Crippen molar-refractivity contribution in [1.82, 2.24) is 9.97 Å². The van der Waals surface area contributed by atoms with Crippen LogP contribution in [0.4, 0.5) is 0 Å². The Labute approximate surface area is 114 Å². The molecule has 0 saturated carbocycles. The topological polar surface area (TPSA) is 54.7 Å². The fourth-order valence-electron chi connectivity index (χ4n) is 1.35. The summed E-state index contributed by atoms with van der Waals surface area (Å²) in [4.78, 5) is 7.63. The zero-order valence-corrected chi connectivity index (χ0v) is 11.7. The summed E-state index contributed by atoms with van der Waals surface area (Å²) in [5.74, 6) is 0.845. The number of nitrogens with two attached hydrogens (primary N) is 1. The number of nitrogens with one attached hydrogen (secondary N) is 1. The molecule has 0 aliphatic heterocycles. The lowest BCUT2D eigenvalue weighted by molar-refractivity contribution is 0.724. The maximum Gasteiger partial charge on any atom is 0.166 e. The quantitative estimate of drug-likeness (QED) is 0.844. The average molecular weight is 290 g/mol. The molecule has 0 radical (unpaired) electrons. The van der Waals surface area contributed by atoms with Gasteiger partial charge in [-0.25, -0.2) is 4.98 Å². The number of hydrogen-bond acceptors (Lipinski definition) is 3. The van der Waals surface area contributed by atoms with Crippen LogP contribution in [0.25, 0.3) is 11.0 Å². The van der Waals surface area contributed by atoms with Crippen LogP contribution in [0.15, 0.2) is 17.3 Å². The maximum absolute atomic E-state index is 5.94. The second-order valence-electron chi connectivity index (χ2n) is 3.80. The number of H-pyrrole nitrogens is 1. The predicted octanol–water partition coefficient (Wildman–Crippen LogP) is 3.70. The van der Waals surface area contributed by atoms with Gasteiger partial charge in [-0.1, -0.05) is 41.9 Å². The van der Waals surface area contributed by atoms with Crippen LogP contribution in [0.5, 0.6) is 0 Å². The smallest absolute Gasteiger partial charge is 0.166 e. The van der Waals surface area contributed by atoms with E-state index in [-0.39, 0.29) is 6.04 Å². The van der Waals surface area contributed by atoms with Crippen LogP contribution in [-0.4, -0.2) is 21.8 Å². The lowest BCUT2D eigenvalue weighted by atomic mass is 10.3. The molecule has 0 saturated heterocycles. The molecule has 0 fully saturated rings. The van der Waals surface area contributed by atoms with E-state index in [4.69, 9.17) is 28.9 Å². The summed E-state index contributed by atoms with van der Waals surface area (Å²) >= 11 is 13.5. The highest BCUT2D eigenvalue weighted by Crippen LogP contribution is 2.28. The maximum atomic E-state index is 5.94. The zero-order chi connectivity index (χ0) is 12.4. The molecule has 2 rings (SSSR count). The molecule has 1 heterocycles. The molecule has 0 spiro atoms. The average Bonchev–Trinajstić information content (AvgIpc) is 2.68. The molecule has 1 atom stereocenters. The van der Waals surface area contributed by atoms with Crippen LogP contribution in [0.2, 0.25) is 10.0 Å². The van der Waals surface area contributed by atoms with Gasteiger partial charge in [0.15, 0.2) is 5.16 Å². The Morgan fingerprint density at radius 2 is 2.12 bits per heavy atom. The summed E-state index contributed by atoms with van der Waals surface area (Å²) in [5, 5.41) is 1.90. The van der Waals surface area contributed by atoms with E-state index >= 15 is 0 Å². The number of rotatable bonds is 4. The normalized spacial score (nSPS) is 13.2. The SMILES string of the molecule is CCC(N)CSc1nc2cc(Cl)c(Cl)cc2[nH]1. The van der Waals surface area contributed by atoms with Gasteiger partial charge in [0.1, 0.15) is 0 Å². The number of benzene rings is 1. The first-order valence-electron chi connectivity index (χ1n) is 5.33. The van der Waals surface area contributed by atoms with E-state index in [1.54, 1.807) is 23.9 Å². The van der Waals surface area contributed by atoms with Gasteiger partial charge in [0, 0.05) is 11.8 Å². The monoisotopic (exact) mass is 289 g/mol.